The van der Waals surface area contributed by atoms with Gasteiger partial charge in [-0.05, 0) is 29.0 Å². The summed E-state index contributed by atoms with van der Waals surface area (Å²) in [5.74, 6) is 0.0532. The number of benzene rings is 3. The fourth-order valence-electron chi connectivity index (χ4n) is 4.02. The van der Waals surface area contributed by atoms with Gasteiger partial charge in [-0.3, -0.25) is 4.79 Å². The molecule has 3 amide bonds. The summed E-state index contributed by atoms with van der Waals surface area (Å²) < 4.78 is 0. The fraction of sp³-hybridized carbons (Fsp3) is 0.310. The molecule has 0 fully saturated rings. The highest BCUT2D eigenvalue weighted by atomic mass is 16.2. The molecule has 0 aliphatic heterocycles. The smallest absolute Gasteiger partial charge is 0.315 e. The van der Waals surface area contributed by atoms with Crippen molar-refractivity contribution in [1.82, 2.24) is 16.0 Å². The van der Waals surface area contributed by atoms with Crippen molar-refractivity contribution >= 4 is 11.9 Å². The topological polar surface area (TPSA) is 70.2 Å². The van der Waals surface area contributed by atoms with Crippen LogP contribution in [0.4, 0.5) is 4.79 Å². The van der Waals surface area contributed by atoms with E-state index in [0.29, 0.717) is 13.1 Å². The number of nitrogens with one attached hydrogen (secondary N) is 3. The monoisotopic (exact) mass is 457 g/mol. The third-order valence-corrected chi connectivity index (χ3v) is 6.21. The number of amides is 3. The average Bonchev–Trinajstić information content (AvgIpc) is 2.89. The second-order valence-electron chi connectivity index (χ2n) is 8.63. The third kappa shape index (κ3) is 7.48. The van der Waals surface area contributed by atoms with E-state index in [1.54, 1.807) is 0 Å². The van der Waals surface area contributed by atoms with Gasteiger partial charge in [0.2, 0.25) is 5.91 Å². The summed E-state index contributed by atoms with van der Waals surface area (Å²) in [6.45, 7) is 4.94. The highest BCUT2D eigenvalue weighted by Gasteiger charge is 2.26. The Kier molecular flexibility index (Phi) is 9.71. The first-order valence-corrected chi connectivity index (χ1v) is 12.0. The number of urea groups is 1. The van der Waals surface area contributed by atoms with Gasteiger partial charge < -0.3 is 16.0 Å². The second kappa shape index (κ2) is 13.2. The van der Waals surface area contributed by atoms with Crippen molar-refractivity contribution in [2.24, 2.45) is 5.92 Å². The lowest BCUT2D eigenvalue weighted by Crippen LogP contribution is -2.53. The fourth-order valence-corrected chi connectivity index (χ4v) is 4.02. The van der Waals surface area contributed by atoms with E-state index in [1.165, 1.54) is 11.1 Å². The molecule has 178 valence electrons. The predicted molar refractivity (Wildman–Crippen MR) is 137 cm³/mol. The van der Waals surface area contributed by atoms with Crippen molar-refractivity contribution in [1.29, 1.82) is 0 Å². The Morgan fingerprint density at radius 1 is 0.765 bits per heavy atom. The zero-order valence-corrected chi connectivity index (χ0v) is 20.0. The van der Waals surface area contributed by atoms with E-state index in [2.05, 4.69) is 40.2 Å². The van der Waals surface area contributed by atoms with Gasteiger partial charge >= 0.3 is 6.03 Å². The Morgan fingerprint density at radius 3 is 1.82 bits per heavy atom. The number of carbonyl (C=O) groups excluding carboxylic acids is 2. The lowest BCUT2D eigenvalue weighted by atomic mass is 9.88. The van der Waals surface area contributed by atoms with Crippen LogP contribution < -0.4 is 16.0 Å². The first kappa shape index (κ1) is 25.0. The molecule has 0 saturated carbocycles. The van der Waals surface area contributed by atoms with E-state index in [9.17, 15) is 9.59 Å². The molecule has 34 heavy (non-hydrogen) atoms. The molecule has 0 bridgehead atoms. The number of hydrogen-bond acceptors (Lipinski definition) is 2. The van der Waals surface area contributed by atoms with Gasteiger partial charge in [0, 0.05) is 19.0 Å². The van der Waals surface area contributed by atoms with Crippen LogP contribution in [0.5, 0.6) is 0 Å². The molecular formula is C29H35N3O2. The van der Waals surface area contributed by atoms with Crippen LogP contribution in [-0.2, 0) is 11.3 Å². The summed E-state index contributed by atoms with van der Waals surface area (Å²) in [6.07, 6.45) is 1.56. The Balaban J connectivity index is 1.58. The third-order valence-electron chi connectivity index (χ3n) is 6.21. The molecule has 3 N–H and O–H groups in total. The molecule has 0 aliphatic rings. The van der Waals surface area contributed by atoms with Crippen LogP contribution in [0.25, 0.3) is 0 Å². The van der Waals surface area contributed by atoms with Gasteiger partial charge in [-0.1, -0.05) is 111 Å². The van der Waals surface area contributed by atoms with Crippen LogP contribution in [0, 0.1) is 5.92 Å². The van der Waals surface area contributed by atoms with Gasteiger partial charge in [0.15, 0.2) is 0 Å². The minimum atomic E-state index is -0.590. The molecule has 0 heterocycles. The van der Waals surface area contributed by atoms with Crippen LogP contribution in [0.15, 0.2) is 91.0 Å². The van der Waals surface area contributed by atoms with Crippen molar-refractivity contribution in [3.05, 3.63) is 108 Å². The Bertz CT molecular complexity index is 970. The zero-order chi connectivity index (χ0) is 24.2. The molecule has 0 radical (unpaired) electrons. The summed E-state index contributed by atoms with van der Waals surface area (Å²) in [5, 5.41) is 8.79. The number of hydrogen-bond donors (Lipinski definition) is 3. The minimum Gasteiger partial charge on any atom is -0.354 e. The lowest BCUT2D eigenvalue weighted by Gasteiger charge is -2.24. The van der Waals surface area contributed by atoms with Gasteiger partial charge in [0.1, 0.15) is 6.04 Å². The summed E-state index contributed by atoms with van der Waals surface area (Å²) in [6, 6.07) is 29.5. The molecule has 5 nitrogen and oxygen atoms in total. The Hall–Kier alpha value is -3.60. The molecule has 3 aromatic carbocycles. The SMILES string of the molecule is CCC(C)C(NC(=O)NCc1ccccc1)C(=O)NCCC(c1ccccc1)c1ccccc1. The normalized spacial score (nSPS) is 12.6. The first-order chi connectivity index (χ1) is 16.6. The van der Waals surface area contributed by atoms with E-state index in [4.69, 9.17) is 0 Å². The summed E-state index contributed by atoms with van der Waals surface area (Å²) in [7, 11) is 0. The quantitative estimate of drug-likeness (QED) is 0.369. The minimum absolute atomic E-state index is 0.0153. The van der Waals surface area contributed by atoms with Crippen LogP contribution in [0.2, 0.25) is 0 Å². The van der Waals surface area contributed by atoms with Crippen molar-refractivity contribution < 1.29 is 9.59 Å². The molecule has 0 spiro atoms. The number of rotatable bonds is 11. The van der Waals surface area contributed by atoms with E-state index in [-0.39, 0.29) is 23.8 Å². The maximum atomic E-state index is 13.1. The molecule has 0 aromatic heterocycles. The van der Waals surface area contributed by atoms with E-state index >= 15 is 0 Å². The zero-order valence-electron chi connectivity index (χ0n) is 20.0. The van der Waals surface area contributed by atoms with Crippen LogP contribution in [0.3, 0.4) is 0 Å². The average molecular weight is 458 g/mol. The van der Waals surface area contributed by atoms with Gasteiger partial charge in [-0.2, -0.15) is 0 Å². The Morgan fingerprint density at radius 2 is 1.29 bits per heavy atom. The highest BCUT2D eigenvalue weighted by Crippen LogP contribution is 2.27. The van der Waals surface area contributed by atoms with Crippen LogP contribution in [0.1, 0.15) is 49.3 Å². The molecule has 5 heteroatoms. The molecular weight excluding hydrogens is 422 g/mol. The lowest BCUT2D eigenvalue weighted by molar-refractivity contribution is -0.124. The predicted octanol–water partition coefficient (Wildman–Crippen LogP) is 5.24. The summed E-state index contributed by atoms with van der Waals surface area (Å²) >= 11 is 0. The molecule has 0 saturated heterocycles. The van der Waals surface area contributed by atoms with Crippen molar-refractivity contribution in [3.63, 3.8) is 0 Å². The molecule has 2 atom stereocenters. The Labute approximate surface area is 203 Å². The van der Waals surface area contributed by atoms with Gasteiger partial charge in [0.25, 0.3) is 0 Å². The maximum Gasteiger partial charge on any atom is 0.315 e. The van der Waals surface area contributed by atoms with E-state index in [1.807, 2.05) is 80.6 Å². The van der Waals surface area contributed by atoms with Crippen molar-refractivity contribution in [2.75, 3.05) is 6.54 Å². The standard InChI is InChI=1S/C29H35N3O2/c1-3-22(2)27(32-29(34)31-21-23-13-7-4-8-14-23)28(33)30-20-19-26(24-15-9-5-10-16-24)25-17-11-6-12-18-25/h4-18,22,26-27H,3,19-21H2,1-2H3,(H,30,33)(H2,31,32,34). The maximum absolute atomic E-state index is 13.1. The van der Waals surface area contributed by atoms with Crippen molar-refractivity contribution in [3.8, 4) is 0 Å². The summed E-state index contributed by atoms with van der Waals surface area (Å²) in [4.78, 5) is 25.6. The number of carbonyl (C=O) groups is 2. The van der Waals surface area contributed by atoms with Crippen molar-refractivity contribution in [2.45, 2.75) is 45.2 Å². The summed E-state index contributed by atoms with van der Waals surface area (Å²) in [5.41, 5.74) is 3.45. The van der Waals surface area contributed by atoms with E-state index in [0.717, 1.165) is 18.4 Å². The molecule has 3 aromatic rings. The van der Waals surface area contributed by atoms with Gasteiger partial charge in [-0.15, -0.1) is 0 Å². The molecule has 3 rings (SSSR count). The molecule has 0 aliphatic carbocycles. The highest BCUT2D eigenvalue weighted by molar-refractivity contribution is 5.87. The second-order valence-corrected chi connectivity index (χ2v) is 8.63. The van der Waals surface area contributed by atoms with E-state index < -0.39 is 6.04 Å². The van der Waals surface area contributed by atoms with Crippen LogP contribution in [-0.4, -0.2) is 24.5 Å². The van der Waals surface area contributed by atoms with Gasteiger partial charge in [-0.25, -0.2) is 4.79 Å². The van der Waals surface area contributed by atoms with Gasteiger partial charge in [0.05, 0.1) is 0 Å². The molecule has 2 unspecified atom stereocenters. The largest absolute Gasteiger partial charge is 0.354 e. The first-order valence-electron chi connectivity index (χ1n) is 12.0. The van der Waals surface area contributed by atoms with Crippen LogP contribution >= 0.6 is 0 Å².